The number of methoxy groups -OCH3 is 1. The Labute approximate surface area is 290 Å². The minimum atomic E-state index is -3.92. The van der Waals surface area contributed by atoms with Crippen LogP contribution in [0.4, 0.5) is 0 Å². The Kier molecular flexibility index (Phi) is 10.1. The minimum absolute atomic E-state index is 0.00246. The molecule has 0 saturated carbocycles. The highest BCUT2D eigenvalue weighted by Crippen LogP contribution is 2.32. The summed E-state index contributed by atoms with van der Waals surface area (Å²) in [5.74, 6) is 0.679. The highest BCUT2D eigenvalue weighted by atomic mass is 79.9. The van der Waals surface area contributed by atoms with Crippen molar-refractivity contribution in [1.29, 1.82) is 10.5 Å². The van der Waals surface area contributed by atoms with E-state index < -0.39 is 20.0 Å². The molecule has 2 heterocycles. The molecule has 0 bridgehead atoms. The van der Waals surface area contributed by atoms with E-state index in [4.69, 9.17) is 20.3 Å². The van der Waals surface area contributed by atoms with Gasteiger partial charge in [0, 0.05) is 23.3 Å². The van der Waals surface area contributed by atoms with Gasteiger partial charge in [-0.15, -0.1) is 0 Å². The van der Waals surface area contributed by atoms with Gasteiger partial charge in [-0.1, -0.05) is 42.5 Å². The average Bonchev–Trinajstić information content (AvgIpc) is 3.73. The first-order chi connectivity index (χ1) is 23.3. The lowest BCUT2D eigenvalue weighted by atomic mass is 10.1. The van der Waals surface area contributed by atoms with Crippen LogP contribution in [0.2, 0.25) is 0 Å². The first-order valence-corrected chi connectivity index (χ1v) is 17.9. The predicted octanol–water partition coefficient (Wildman–Crippen LogP) is 4.89. The van der Waals surface area contributed by atoms with Crippen molar-refractivity contribution in [3.05, 3.63) is 125 Å². The summed E-state index contributed by atoms with van der Waals surface area (Å²) >= 11 is 3.44. The van der Waals surface area contributed by atoms with Gasteiger partial charge in [-0.2, -0.15) is 20.7 Å². The lowest BCUT2D eigenvalue weighted by molar-refractivity contribution is 0.412. The molecule has 0 atom stereocenters. The van der Waals surface area contributed by atoms with Crippen molar-refractivity contribution in [1.82, 2.24) is 19.6 Å². The second kappa shape index (κ2) is 14.2. The summed E-state index contributed by atoms with van der Waals surface area (Å²) in [5.41, 5.74) is 4.23. The summed E-state index contributed by atoms with van der Waals surface area (Å²) in [6, 6.07) is 34.3. The molecule has 0 aliphatic heterocycles. The first kappa shape index (κ1) is 34.7. The molecule has 0 amide bonds. The molecule has 0 aliphatic carbocycles. The van der Waals surface area contributed by atoms with Gasteiger partial charge in [0.15, 0.2) is 11.4 Å². The van der Waals surface area contributed by atoms with Gasteiger partial charge >= 0.3 is 0 Å². The van der Waals surface area contributed by atoms with Crippen LogP contribution in [-0.2, 0) is 20.0 Å². The summed E-state index contributed by atoms with van der Waals surface area (Å²) in [4.78, 5) is -0.0487. The van der Waals surface area contributed by atoms with Crippen LogP contribution in [0.3, 0.4) is 0 Å². The van der Waals surface area contributed by atoms with Crippen LogP contribution in [0.5, 0.6) is 5.75 Å². The molecule has 6 aromatic rings. The van der Waals surface area contributed by atoms with Gasteiger partial charge in [-0.3, -0.25) is 0 Å². The van der Waals surface area contributed by atoms with Crippen molar-refractivity contribution in [3.63, 3.8) is 0 Å². The fourth-order valence-electron chi connectivity index (χ4n) is 4.75. The van der Waals surface area contributed by atoms with E-state index in [0.717, 1.165) is 15.6 Å². The number of ether oxygens (including phenoxy) is 1. The first-order valence-electron chi connectivity index (χ1n) is 14.0. The highest BCUT2D eigenvalue weighted by molar-refractivity contribution is 9.10. The maximum Gasteiger partial charge on any atom is 0.240 e. The van der Waals surface area contributed by atoms with E-state index in [0.29, 0.717) is 28.5 Å². The number of hydrogen-bond acceptors (Lipinski definition) is 9. The van der Waals surface area contributed by atoms with Gasteiger partial charge in [0.1, 0.15) is 22.8 Å². The van der Waals surface area contributed by atoms with E-state index in [2.05, 4.69) is 26.1 Å². The third-order valence-electron chi connectivity index (χ3n) is 6.97. The van der Waals surface area contributed by atoms with Crippen LogP contribution < -0.4 is 15.0 Å². The number of hydrogen-bond donors (Lipinski definition) is 2. The maximum absolute atomic E-state index is 11.8. The Morgan fingerprint density at radius 1 is 0.694 bits per heavy atom. The molecular weight excluding hydrogens is 732 g/mol. The molecule has 49 heavy (non-hydrogen) atoms. The minimum Gasteiger partial charge on any atom is -0.496 e. The molecule has 0 spiro atoms. The molecule has 6 rings (SSSR count). The quantitative estimate of drug-likeness (QED) is 0.227. The summed E-state index contributed by atoms with van der Waals surface area (Å²) in [5, 5.41) is 37.2. The third-order valence-corrected chi connectivity index (χ3v) is 9.48. The van der Waals surface area contributed by atoms with E-state index in [1.54, 1.807) is 60.3 Å². The molecular formula is C33H25BrN8O5S2. The van der Waals surface area contributed by atoms with E-state index in [9.17, 15) is 22.1 Å². The zero-order valence-corrected chi connectivity index (χ0v) is 28.7. The van der Waals surface area contributed by atoms with Crippen molar-refractivity contribution < 1.29 is 21.6 Å². The van der Waals surface area contributed by atoms with Gasteiger partial charge in [0.05, 0.1) is 39.2 Å². The molecule has 4 N–H and O–H groups in total. The molecule has 0 saturated heterocycles. The number of primary sulfonamides is 2. The lowest BCUT2D eigenvalue weighted by Crippen LogP contribution is -2.16. The SMILES string of the molecule is COc1ccc(-c2cc(C#N)nn2-c2ccc(S(N)(=O)=O)cc2)cc1Br.N#Cc1cc(-c2ccccc2)n(-c2ccccc2S(N)(=O)=O)n1. The van der Waals surface area contributed by atoms with Crippen LogP contribution in [0, 0.1) is 22.7 Å². The molecule has 0 aliphatic rings. The van der Waals surface area contributed by atoms with Gasteiger partial charge in [-0.25, -0.2) is 36.5 Å². The number of nitrogens with zero attached hydrogens (tertiary/aromatic N) is 6. The van der Waals surface area contributed by atoms with Crippen LogP contribution in [-0.4, -0.2) is 43.5 Å². The standard InChI is InChI=1S/C17H13BrN4O3S.C16H12N4O2S/c1-25-17-7-2-11(8-15(17)18)16-9-12(10-19)21-22(16)13-3-5-14(6-4-13)26(20,23)24;17-11-13-10-15(12-6-2-1-3-7-12)20(19-13)14-8-4-5-9-16(14)23(18,21)22/h2-9H,1H3,(H2,20,23,24);1-10H,(H2,18,21,22). The monoisotopic (exact) mass is 756 g/mol. The van der Waals surface area contributed by atoms with Crippen molar-refractivity contribution in [2.45, 2.75) is 9.79 Å². The van der Waals surface area contributed by atoms with Gasteiger partial charge in [0.25, 0.3) is 0 Å². The second-order valence-electron chi connectivity index (χ2n) is 10.1. The molecule has 2 aromatic heterocycles. The largest absolute Gasteiger partial charge is 0.496 e. The van der Waals surface area contributed by atoms with Crippen molar-refractivity contribution in [2.75, 3.05) is 7.11 Å². The number of nitrogens with two attached hydrogens (primary N) is 2. The van der Waals surface area contributed by atoms with Crippen LogP contribution in [0.1, 0.15) is 11.4 Å². The topological polar surface area (TPSA) is 213 Å². The molecule has 16 heteroatoms. The maximum atomic E-state index is 11.8. The molecule has 4 aromatic carbocycles. The Morgan fingerprint density at radius 2 is 1.27 bits per heavy atom. The van der Waals surface area contributed by atoms with Crippen molar-refractivity contribution in [2.24, 2.45) is 10.3 Å². The number of nitriles is 2. The molecule has 0 fully saturated rings. The van der Waals surface area contributed by atoms with E-state index in [-0.39, 0.29) is 21.2 Å². The summed E-state index contributed by atoms with van der Waals surface area (Å²) in [7, 11) is -6.13. The summed E-state index contributed by atoms with van der Waals surface area (Å²) in [6.45, 7) is 0. The van der Waals surface area contributed by atoms with Crippen LogP contribution >= 0.6 is 15.9 Å². The highest BCUT2D eigenvalue weighted by Gasteiger charge is 2.19. The number of sulfonamides is 2. The van der Waals surface area contributed by atoms with Gasteiger partial charge in [0.2, 0.25) is 20.0 Å². The lowest BCUT2D eigenvalue weighted by Gasteiger charge is -2.11. The zero-order chi connectivity index (χ0) is 35.3. The number of rotatable bonds is 7. The molecule has 0 unspecified atom stereocenters. The number of benzene rings is 4. The molecule has 0 radical (unpaired) electrons. The van der Waals surface area contributed by atoms with Crippen molar-refractivity contribution in [3.8, 4) is 51.8 Å². The summed E-state index contributed by atoms with van der Waals surface area (Å²) in [6.07, 6.45) is 0. The smallest absolute Gasteiger partial charge is 0.240 e. The Hall–Kier alpha value is -5.62. The zero-order valence-electron chi connectivity index (χ0n) is 25.5. The number of halogens is 1. The van der Waals surface area contributed by atoms with Gasteiger partial charge < -0.3 is 4.74 Å². The second-order valence-corrected chi connectivity index (χ2v) is 14.1. The Morgan fingerprint density at radius 3 is 1.82 bits per heavy atom. The van der Waals surface area contributed by atoms with Crippen molar-refractivity contribution >= 4 is 36.0 Å². The Bertz CT molecular complexity index is 2470. The fraction of sp³-hybridized carbons (Fsp3) is 0.0303. The van der Waals surface area contributed by atoms with Crippen LogP contribution in [0.15, 0.2) is 123 Å². The molecule has 246 valence electrons. The van der Waals surface area contributed by atoms with E-state index in [1.807, 2.05) is 54.6 Å². The fourth-order valence-corrected chi connectivity index (χ4v) is 6.52. The third kappa shape index (κ3) is 7.76. The number of para-hydroxylation sites is 1. The molecule has 13 nitrogen and oxygen atoms in total. The van der Waals surface area contributed by atoms with E-state index in [1.165, 1.54) is 22.9 Å². The van der Waals surface area contributed by atoms with Gasteiger partial charge in [-0.05, 0) is 70.5 Å². The summed E-state index contributed by atoms with van der Waals surface area (Å²) < 4.78 is 55.5. The normalized spacial score (nSPS) is 11.1. The van der Waals surface area contributed by atoms with E-state index >= 15 is 0 Å². The number of aromatic nitrogens is 4. The Balaban J connectivity index is 0.000000192. The average molecular weight is 758 g/mol. The predicted molar refractivity (Wildman–Crippen MR) is 184 cm³/mol. The van der Waals surface area contributed by atoms with Crippen LogP contribution in [0.25, 0.3) is 33.9 Å².